The van der Waals surface area contributed by atoms with Crippen LogP contribution in [0.2, 0.25) is 0 Å². The Kier molecular flexibility index (Phi) is 4.95. The van der Waals surface area contributed by atoms with E-state index in [-0.39, 0.29) is 49.6 Å². The van der Waals surface area contributed by atoms with E-state index in [2.05, 4.69) is 6.07 Å². The number of aromatic nitrogens is 1. The summed E-state index contributed by atoms with van der Waals surface area (Å²) in [6, 6.07) is 15.6. The zero-order valence-electron chi connectivity index (χ0n) is 18.4. The first-order valence-electron chi connectivity index (χ1n) is 10.9. The van der Waals surface area contributed by atoms with Crippen LogP contribution < -0.4 is 0 Å². The molecule has 5 rings (SSSR count). The molecule has 0 N–H and O–H groups in total. The smallest absolute Gasteiger partial charge is 0.261 e. The van der Waals surface area contributed by atoms with Crippen molar-refractivity contribution in [2.24, 2.45) is 5.41 Å². The van der Waals surface area contributed by atoms with Crippen LogP contribution in [0.3, 0.4) is 0 Å². The van der Waals surface area contributed by atoms with Crippen molar-refractivity contribution in [2.45, 2.75) is 25.7 Å². The number of para-hydroxylation sites is 1. The molecule has 1 aliphatic carbocycles. The molecule has 3 aromatic rings. The van der Waals surface area contributed by atoms with Gasteiger partial charge in [-0.05, 0) is 43.9 Å². The van der Waals surface area contributed by atoms with Gasteiger partial charge in [-0.25, -0.2) is 12.4 Å². The fraction of sp³-hybridized carbons (Fsp3) is 0.280. The van der Waals surface area contributed by atoms with Gasteiger partial charge in [0.25, 0.3) is 11.8 Å². The number of amides is 2. The molecule has 2 aliphatic rings. The van der Waals surface area contributed by atoms with E-state index in [0.29, 0.717) is 27.7 Å². The number of fused-ring (bicyclic) bond motifs is 4. The van der Waals surface area contributed by atoms with Crippen molar-refractivity contribution in [1.29, 1.82) is 5.26 Å². The van der Waals surface area contributed by atoms with Crippen molar-refractivity contribution in [3.63, 3.8) is 0 Å². The van der Waals surface area contributed by atoms with Gasteiger partial charge in [0, 0.05) is 23.2 Å². The lowest BCUT2D eigenvalue weighted by Gasteiger charge is -2.30. The summed E-state index contributed by atoms with van der Waals surface area (Å²) < 4.78 is 26.2. The van der Waals surface area contributed by atoms with Crippen LogP contribution in [-0.4, -0.2) is 47.7 Å². The van der Waals surface area contributed by atoms with Crippen LogP contribution in [0.15, 0.2) is 48.5 Å². The summed E-state index contributed by atoms with van der Waals surface area (Å²) in [5.74, 6) is -1.16. The van der Waals surface area contributed by atoms with E-state index in [1.165, 1.54) is 3.97 Å². The Labute approximate surface area is 196 Å². The summed E-state index contributed by atoms with van der Waals surface area (Å²) in [6.45, 7) is 0.0982. The van der Waals surface area contributed by atoms with Crippen molar-refractivity contribution >= 4 is 38.5 Å². The largest absolute Gasteiger partial charge is 0.292 e. The minimum absolute atomic E-state index is 0.0982. The fourth-order valence-corrected chi connectivity index (χ4v) is 6.29. The van der Waals surface area contributed by atoms with Crippen molar-refractivity contribution < 1.29 is 22.8 Å². The third-order valence-electron chi connectivity index (χ3n) is 6.79. The van der Waals surface area contributed by atoms with Gasteiger partial charge in [-0.3, -0.25) is 19.3 Å². The molecule has 9 heteroatoms. The SMILES string of the molecule is CS(=O)(=O)n1c2c(c3ccccc31)C(=O)[C@](C#N)(CCCN1C(=O)c3ccccc3C1=O)CC2. The molecular weight excluding hydrogens is 454 g/mol. The van der Waals surface area contributed by atoms with Crippen molar-refractivity contribution in [1.82, 2.24) is 8.87 Å². The number of rotatable bonds is 5. The maximum absolute atomic E-state index is 13.7. The van der Waals surface area contributed by atoms with Crippen molar-refractivity contribution in [2.75, 3.05) is 12.8 Å². The highest BCUT2D eigenvalue weighted by Crippen LogP contribution is 2.43. The lowest BCUT2D eigenvalue weighted by molar-refractivity contribution is 0.0645. The molecule has 0 radical (unpaired) electrons. The normalized spacial score (nSPS) is 19.9. The lowest BCUT2D eigenvalue weighted by Crippen LogP contribution is -2.37. The first-order chi connectivity index (χ1) is 16.2. The number of Topliss-reactive ketones (excluding diaryl/α,β-unsaturated/α-hetero) is 1. The van der Waals surface area contributed by atoms with E-state index in [1.54, 1.807) is 48.5 Å². The molecule has 1 atom stereocenters. The van der Waals surface area contributed by atoms with Crippen LogP contribution in [-0.2, 0) is 16.4 Å². The van der Waals surface area contributed by atoms with E-state index in [1.807, 2.05) is 0 Å². The van der Waals surface area contributed by atoms with Gasteiger partial charge in [-0.2, -0.15) is 5.26 Å². The summed E-state index contributed by atoms with van der Waals surface area (Å²) in [5, 5.41) is 10.6. The number of carbonyl (C=O) groups excluding carboxylic acids is 3. The van der Waals surface area contributed by atoms with Crippen molar-refractivity contribution in [3.05, 3.63) is 70.9 Å². The average molecular weight is 476 g/mol. The minimum Gasteiger partial charge on any atom is -0.292 e. The van der Waals surface area contributed by atoms with E-state index >= 15 is 0 Å². The van der Waals surface area contributed by atoms with E-state index < -0.39 is 21.2 Å². The molecule has 8 nitrogen and oxygen atoms in total. The van der Waals surface area contributed by atoms with Crippen LogP contribution >= 0.6 is 0 Å². The first kappa shape index (κ1) is 22.0. The number of hydrogen-bond acceptors (Lipinski definition) is 6. The zero-order valence-corrected chi connectivity index (χ0v) is 19.3. The molecule has 172 valence electrons. The quantitative estimate of drug-likeness (QED) is 0.523. The molecule has 1 aromatic heterocycles. The first-order valence-corrected chi connectivity index (χ1v) is 12.8. The fourth-order valence-electron chi connectivity index (χ4n) is 5.19. The Morgan fingerprint density at radius 3 is 2.24 bits per heavy atom. The topological polar surface area (TPSA) is 117 Å². The summed E-state index contributed by atoms with van der Waals surface area (Å²) >= 11 is 0. The number of benzene rings is 2. The third kappa shape index (κ3) is 3.10. The zero-order chi connectivity index (χ0) is 24.3. The maximum atomic E-state index is 13.7. The number of nitriles is 1. The van der Waals surface area contributed by atoms with E-state index in [4.69, 9.17) is 0 Å². The number of carbonyl (C=O) groups is 3. The summed E-state index contributed by atoms with van der Waals surface area (Å²) in [6.07, 6.45) is 1.96. The van der Waals surface area contributed by atoms with Crippen LogP contribution in [0.4, 0.5) is 0 Å². The maximum Gasteiger partial charge on any atom is 0.261 e. The number of nitrogens with zero attached hydrogens (tertiary/aromatic N) is 3. The molecule has 2 aromatic carbocycles. The van der Waals surface area contributed by atoms with Gasteiger partial charge in [-0.15, -0.1) is 0 Å². The molecule has 2 amide bonds. The average Bonchev–Trinajstić information content (AvgIpc) is 3.29. The Morgan fingerprint density at radius 2 is 1.62 bits per heavy atom. The third-order valence-corrected chi connectivity index (χ3v) is 7.87. The second-order valence-electron chi connectivity index (χ2n) is 8.80. The molecule has 0 saturated heterocycles. The Bertz CT molecular complexity index is 1510. The van der Waals surface area contributed by atoms with Crippen molar-refractivity contribution in [3.8, 4) is 6.07 Å². The molecule has 1 aliphatic heterocycles. The van der Waals surface area contributed by atoms with Gasteiger partial charge in [0.2, 0.25) is 10.0 Å². The van der Waals surface area contributed by atoms with E-state index in [9.17, 15) is 28.1 Å². The van der Waals surface area contributed by atoms with Gasteiger partial charge in [-0.1, -0.05) is 30.3 Å². The standard InChI is InChI=1S/C25H21N3O5S/c1-34(32,33)28-19-10-5-4-9-18(19)21-20(28)11-13-25(15-26,22(21)29)12-6-14-27-23(30)16-7-2-3-8-17(16)24(27)31/h2-5,7-10H,6,11-14H2,1H3/t25-/m1/s1. The summed E-state index contributed by atoms with van der Waals surface area (Å²) in [5.41, 5.74) is 0.458. The van der Waals surface area contributed by atoms with E-state index in [0.717, 1.165) is 11.2 Å². The lowest BCUT2D eigenvalue weighted by atomic mass is 9.70. The molecule has 0 saturated carbocycles. The predicted molar refractivity (Wildman–Crippen MR) is 124 cm³/mol. The molecule has 0 unspecified atom stereocenters. The second-order valence-corrected chi connectivity index (χ2v) is 10.6. The Balaban J connectivity index is 1.44. The molecule has 2 heterocycles. The minimum atomic E-state index is -3.66. The van der Waals surface area contributed by atoms with Gasteiger partial charge in [0.1, 0.15) is 5.41 Å². The molecule has 34 heavy (non-hydrogen) atoms. The summed E-state index contributed by atoms with van der Waals surface area (Å²) in [7, 11) is -3.66. The van der Waals surface area contributed by atoms with Gasteiger partial charge in [0.15, 0.2) is 5.78 Å². The van der Waals surface area contributed by atoms with Gasteiger partial charge >= 0.3 is 0 Å². The Hall–Kier alpha value is -3.77. The van der Waals surface area contributed by atoms with Crippen LogP contribution in [0.25, 0.3) is 10.9 Å². The highest BCUT2D eigenvalue weighted by Gasteiger charge is 2.46. The molecule has 0 spiro atoms. The molecule has 0 fully saturated rings. The molecular formula is C25H21N3O5S. The number of hydrogen-bond donors (Lipinski definition) is 0. The highest BCUT2D eigenvalue weighted by molar-refractivity contribution is 7.89. The number of imide groups is 1. The highest BCUT2D eigenvalue weighted by atomic mass is 32.2. The van der Waals surface area contributed by atoms with Crippen LogP contribution in [0, 0.1) is 16.7 Å². The van der Waals surface area contributed by atoms with Gasteiger partial charge in [0.05, 0.1) is 29.0 Å². The van der Waals surface area contributed by atoms with Crippen LogP contribution in [0.1, 0.15) is 56.0 Å². The summed E-state index contributed by atoms with van der Waals surface area (Å²) in [4.78, 5) is 40.1. The second kappa shape index (κ2) is 7.64. The Morgan fingerprint density at radius 1 is 1.00 bits per heavy atom. The monoisotopic (exact) mass is 475 g/mol. The van der Waals surface area contributed by atoms with Crippen LogP contribution in [0.5, 0.6) is 0 Å². The number of ketones is 1. The predicted octanol–water partition coefficient (Wildman–Crippen LogP) is 3.16. The molecule has 0 bridgehead atoms. The van der Waals surface area contributed by atoms with Gasteiger partial charge < -0.3 is 0 Å².